The van der Waals surface area contributed by atoms with Crippen molar-refractivity contribution in [1.82, 2.24) is 0 Å². The van der Waals surface area contributed by atoms with Crippen LogP contribution in [0.2, 0.25) is 0 Å². The van der Waals surface area contributed by atoms with E-state index < -0.39 is 38.6 Å². The highest BCUT2D eigenvalue weighted by atomic mass is 32.2. The highest BCUT2D eigenvalue weighted by molar-refractivity contribution is 7.92. The molecule has 0 aromatic carbocycles. The molecule has 2 aliphatic rings. The van der Waals surface area contributed by atoms with Gasteiger partial charge in [-0.2, -0.15) is 0 Å². The molecule has 8 heteroatoms. The Morgan fingerprint density at radius 1 is 1.42 bits per heavy atom. The molecule has 19 heavy (non-hydrogen) atoms. The molecular formula is C11H19NO6S. The lowest BCUT2D eigenvalue weighted by Crippen LogP contribution is -2.53. The second-order valence-corrected chi connectivity index (χ2v) is 7.16. The van der Waals surface area contributed by atoms with Gasteiger partial charge in [0.2, 0.25) is 0 Å². The van der Waals surface area contributed by atoms with Crippen LogP contribution in [-0.2, 0) is 28.8 Å². The molecule has 1 aliphatic carbocycles. The minimum Gasteiger partial charge on any atom is -0.468 e. The van der Waals surface area contributed by atoms with Gasteiger partial charge in [0, 0.05) is 18.9 Å². The Kier molecular flexibility index (Phi) is 4.14. The number of carbonyl (C=O) groups is 1. The zero-order chi connectivity index (χ0) is 14.1. The Morgan fingerprint density at radius 3 is 2.63 bits per heavy atom. The van der Waals surface area contributed by atoms with Crippen molar-refractivity contribution in [3.8, 4) is 0 Å². The normalized spacial score (nSPS) is 30.4. The quantitative estimate of drug-likeness (QED) is 0.679. The molecule has 1 saturated heterocycles. The standard InChI is InChI=1S/C11H19NO6S/c1-16-10(13)7-19(14,15)9-6-11(3-2-8(9)12)17-4-5-18-11/h8-9H,2-7,12H2,1H3. The summed E-state index contributed by atoms with van der Waals surface area (Å²) >= 11 is 0. The molecule has 1 saturated carbocycles. The lowest BCUT2D eigenvalue weighted by molar-refractivity contribution is -0.177. The van der Waals surface area contributed by atoms with Crippen LogP contribution in [0.5, 0.6) is 0 Å². The summed E-state index contributed by atoms with van der Waals surface area (Å²) in [5, 5.41) is -0.835. The molecule has 0 aromatic heterocycles. The number of ether oxygens (including phenoxy) is 3. The maximum atomic E-state index is 12.2. The van der Waals surface area contributed by atoms with Crippen molar-refractivity contribution in [2.75, 3.05) is 26.1 Å². The van der Waals surface area contributed by atoms with Gasteiger partial charge in [0.15, 0.2) is 15.6 Å². The molecule has 2 unspecified atom stereocenters. The van der Waals surface area contributed by atoms with E-state index in [9.17, 15) is 13.2 Å². The Labute approximate surface area is 112 Å². The Morgan fingerprint density at radius 2 is 2.05 bits per heavy atom. The molecule has 1 heterocycles. The van der Waals surface area contributed by atoms with Gasteiger partial charge >= 0.3 is 5.97 Å². The van der Waals surface area contributed by atoms with Gasteiger partial charge in [0.25, 0.3) is 0 Å². The predicted molar refractivity (Wildman–Crippen MR) is 66.1 cm³/mol. The van der Waals surface area contributed by atoms with Crippen LogP contribution in [0.4, 0.5) is 0 Å². The van der Waals surface area contributed by atoms with E-state index in [4.69, 9.17) is 15.2 Å². The monoisotopic (exact) mass is 293 g/mol. The number of hydrogen-bond donors (Lipinski definition) is 1. The van der Waals surface area contributed by atoms with Crippen molar-refractivity contribution >= 4 is 15.8 Å². The van der Waals surface area contributed by atoms with Crippen molar-refractivity contribution in [2.45, 2.75) is 36.3 Å². The van der Waals surface area contributed by atoms with E-state index in [0.717, 1.165) is 7.11 Å². The van der Waals surface area contributed by atoms with E-state index in [1.165, 1.54) is 0 Å². The summed E-state index contributed by atoms with van der Waals surface area (Å²) in [6, 6.07) is -0.506. The van der Waals surface area contributed by atoms with Crippen LogP contribution in [0.25, 0.3) is 0 Å². The SMILES string of the molecule is COC(=O)CS(=O)(=O)C1CC2(CCC1N)OCCO2. The molecule has 0 amide bonds. The van der Waals surface area contributed by atoms with Crippen molar-refractivity contribution in [2.24, 2.45) is 5.73 Å². The van der Waals surface area contributed by atoms with Gasteiger partial charge in [-0.3, -0.25) is 4.79 Å². The van der Waals surface area contributed by atoms with Crippen LogP contribution in [0.15, 0.2) is 0 Å². The first-order valence-corrected chi connectivity index (χ1v) is 7.92. The summed E-state index contributed by atoms with van der Waals surface area (Å²) in [6.45, 7) is 0.915. The second-order valence-electron chi connectivity index (χ2n) is 4.94. The average molecular weight is 293 g/mol. The molecule has 2 atom stereocenters. The average Bonchev–Trinajstić information content (AvgIpc) is 2.80. The maximum Gasteiger partial charge on any atom is 0.320 e. The number of nitrogens with two attached hydrogens (primary N) is 1. The molecule has 2 fully saturated rings. The van der Waals surface area contributed by atoms with Crippen molar-refractivity contribution in [1.29, 1.82) is 0 Å². The molecule has 0 aromatic rings. The van der Waals surface area contributed by atoms with Crippen LogP contribution in [-0.4, -0.2) is 57.5 Å². The summed E-state index contributed by atoms with van der Waals surface area (Å²) < 4.78 is 39.9. The molecule has 0 bridgehead atoms. The van der Waals surface area contributed by atoms with Crippen molar-refractivity contribution < 1.29 is 27.4 Å². The number of carbonyl (C=O) groups excluding carboxylic acids is 1. The molecule has 2 rings (SSSR count). The van der Waals surface area contributed by atoms with Crippen LogP contribution in [0, 0.1) is 0 Å². The first kappa shape index (κ1) is 14.7. The topological polar surface area (TPSA) is 105 Å². The number of sulfone groups is 1. The van der Waals surface area contributed by atoms with Gasteiger partial charge < -0.3 is 19.9 Å². The van der Waals surface area contributed by atoms with E-state index >= 15 is 0 Å². The largest absolute Gasteiger partial charge is 0.468 e. The molecule has 2 N–H and O–H groups in total. The van der Waals surface area contributed by atoms with Gasteiger partial charge in [-0.25, -0.2) is 8.42 Å². The van der Waals surface area contributed by atoms with E-state index in [1.54, 1.807) is 0 Å². The lowest BCUT2D eigenvalue weighted by atomic mass is 9.90. The fraction of sp³-hybridized carbons (Fsp3) is 0.909. The van der Waals surface area contributed by atoms with Crippen LogP contribution in [0.1, 0.15) is 19.3 Å². The third-order valence-electron chi connectivity index (χ3n) is 3.67. The fourth-order valence-corrected chi connectivity index (χ4v) is 4.45. The van der Waals surface area contributed by atoms with Crippen molar-refractivity contribution in [3.05, 3.63) is 0 Å². The van der Waals surface area contributed by atoms with Crippen LogP contribution in [0.3, 0.4) is 0 Å². The molecule has 1 spiro atoms. The smallest absolute Gasteiger partial charge is 0.320 e. The summed E-state index contributed by atoms with van der Waals surface area (Å²) in [4.78, 5) is 11.2. The number of methoxy groups -OCH3 is 1. The summed E-state index contributed by atoms with van der Waals surface area (Å²) in [5.74, 6) is -2.28. The molecular weight excluding hydrogens is 274 g/mol. The number of rotatable bonds is 3. The predicted octanol–water partition coefficient (Wildman–Crippen LogP) is -0.803. The fourth-order valence-electron chi connectivity index (χ4n) is 2.62. The van der Waals surface area contributed by atoms with E-state index in [-0.39, 0.29) is 6.42 Å². The zero-order valence-electron chi connectivity index (χ0n) is 10.8. The lowest BCUT2D eigenvalue weighted by Gasteiger charge is -2.39. The summed E-state index contributed by atoms with van der Waals surface area (Å²) in [6.07, 6.45) is 1.25. The minimum atomic E-state index is -3.67. The molecule has 110 valence electrons. The van der Waals surface area contributed by atoms with E-state index in [1.807, 2.05) is 0 Å². The van der Waals surface area contributed by atoms with Gasteiger partial charge in [-0.1, -0.05) is 0 Å². The molecule has 1 aliphatic heterocycles. The van der Waals surface area contributed by atoms with Crippen LogP contribution < -0.4 is 5.73 Å². The van der Waals surface area contributed by atoms with Crippen LogP contribution >= 0.6 is 0 Å². The molecule has 0 radical (unpaired) electrons. The van der Waals surface area contributed by atoms with Crippen molar-refractivity contribution in [3.63, 3.8) is 0 Å². The van der Waals surface area contributed by atoms with E-state index in [2.05, 4.69) is 4.74 Å². The van der Waals surface area contributed by atoms with Gasteiger partial charge in [0.05, 0.1) is 25.6 Å². The summed E-state index contributed by atoms with van der Waals surface area (Å²) in [7, 11) is -2.51. The second kappa shape index (κ2) is 5.35. The number of esters is 1. The third kappa shape index (κ3) is 3.07. The third-order valence-corrected chi connectivity index (χ3v) is 5.75. The maximum absolute atomic E-state index is 12.2. The highest BCUT2D eigenvalue weighted by Crippen LogP contribution is 2.38. The molecule has 7 nitrogen and oxygen atoms in total. The first-order valence-electron chi connectivity index (χ1n) is 6.20. The van der Waals surface area contributed by atoms with Gasteiger partial charge in [0.1, 0.15) is 5.75 Å². The van der Waals surface area contributed by atoms with Gasteiger partial charge in [-0.15, -0.1) is 0 Å². The Hall–Kier alpha value is -0.700. The zero-order valence-corrected chi connectivity index (χ0v) is 11.6. The Bertz CT molecular complexity index is 442. The summed E-state index contributed by atoms with van der Waals surface area (Å²) in [5.41, 5.74) is 5.89. The number of hydrogen-bond acceptors (Lipinski definition) is 7. The Balaban J connectivity index is 2.14. The van der Waals surface area contributed by atoms with Gasteiger partial charge in [-0.05, 0) is 6.42 Å². The van der Waals surface area contributed by atoms with E-state index in [0.29, 0.717) is 26.1 Å². The minimum absolute atomic E-state index is 0.174. The highest BCUT2D eigenvalue weighted by Gasteiger charge is 2.48. The first-order chi connectivity index (χ1) is 8.88.